The predicted molar refractivity (Wildman–Crippen MR) is 364 cm³/mol. The van der Waals surface area contributed by atoms with E-state index >= 15 is 9.59 Å². The summed E-state index contributed by atoms with van der Waals surface area (Å²) in [5.74, 6) is 2.26. The van der Waals surface area contributed by atoms with Gasteiger partial charge < -0.3 is 91.0 Å². The molecule has 4 aromatic carbocycles. The lowest BCUT2D eigenvalue weighted by Crippen LogP contribution is -2.72. The van der Waals surface area contributed by atoms with Crippen molar-refractivity contribution in [3.63, 3.8) is 0 Å². The summed E-state index contributed by atoms with van der Waals surface area (Å²) in [6.07, 6.45) is -1.40. The first-order valence-electron chi connectivity index (χ1n) is 35.7. The number of benzene rings is 4. The van der Waals surface area contributed by atoms with Crippen molar-refractivity contribution in [2.75, 3.05) is 45.0 Å². The molecule has 7 aliphatic heterocycles. The number of ether oxygens (including phenoxy) is 5. The second-order valence-corrected chi connectivity index (χ2v) is 29.6. The van der Waals surface area contributed by atoms with Gasteiger partial charge in [-0.3, -0.25) is 30.8 Å². The highest BCUT2D eigenvalue weighted by Crippen LogP contribution is 2.58. The Labute approximate surface area is 579 Å². The molecule has 0 unspecified atom stereocenters. The Hall–Kier alpha value is -7.42. The normalized spacial score (nSPS) is 33.6. The second kappa shape index (κ2) is 26.4. The molecule has 4 aromatic rings. The van der Waals surface area contributed by atoms with E-state index in [0.29, 0.717) is 74.1 Å². The molecule has 2 saturated carbocycles. The molecule has 24 nitrogen and oxygen atoms in total. The molecule has 5 aliphatic carbocycles. The van der Waals surface area contributed by atoms with E-state index in [0.717, 1.165) is 64.7 Å². The van der Waals surface area contributed by atoms with Crippen LogP contribution in [0, 0.1) is 29.1 Å². The highest BCUT2D eigenvalue weighted by Gasteiger charge is 2.66. The largest absolute Gasteiger partial charge is 0.486 e. The molecular formula is C76H89N9O15. The lowest BCUT2D eigenvalue weighted by atomic mass is 9.61. The van der Waals surface area contributed by atoms with Crippen LogP contribution in [0.3, 0.4) is 0 Å². The summed E-state index contributed by atoms with van der Waals surface area (Å²) in [6.45, 7) is -0.606. The average molecular weight is 1370 g/mol. The van der Waals surface area contributed by atoms with Gasteiger partial charge in [0.2, 0.25) is 12.2 Å². The van der Waals surface area contributed by atoms with Gasteiger partial charge in [0.15, 0.2) is 28.7 Å². The van der Waals surface area contributed by atoms with E-state index in [1.165, 1.54) is 12.1 Å². The number of rotatable bonds is 12. The van der Waals surface area contributed by atoms with Crippen LogP contribution in [0.25, 0.3) is 0 Å². The van der Waals surface area contributed by atoms with Gasteiger partial charge in [0, 0.05) is 65.0 Å². The third kappa shape index (κ3) is 11.1. The third-order valence-corrected chi connectivity index (χ3v) is 23.8. The van der Waals surface area contributed by atoms with Gasteiger partial charge in [-0.15, -0.1) is 0 Å². The summed E-state index contributed by atoms with van der Waals surface area (Å²) < 4.78 is 37.3. The zero-order chi connectivity index (χ0) is 69.1. The fourth-order valence-corrected chi connectivity index (χ4v) is 18.9. The molecule has 0 aromatic heterocycles. The average Bonchev–Trinajstić information content (AvgIpc) is 1.24. The van der Waals surface area contributed by atoms with Gasteiger partial charge in [-0.2, -0.15) is 0 Å². The maximum absolute atomic E-state index is 15.9. The predicted octanol–water partition coefficient (Wildman–Crippen LogP) is 1.72. The first-order chi connectivity index (χ1) is 48.4. The Morgan fingerprint density at radius 3 is 2.57 bits per heavy atom. The van der Waals surface area contributed by atoms with Crippen LogP contribution < -0.4 is 57.7 Å². The first kappa shape index (κ1) is 67.1. The summed E-state index contributed by atoms with van der Waals surface area (Å²) in [5.41, 5.74) is 15.8. The topological polar surface area (TPSA) is 363 Å². The number of carbonyl (C=O) groups is 4. The number of amides is 1. The zero-order valence-electron chi connectivity index (χ0n) is 56.0. The van der Waals surface area contributed by atoms with Crippen LogP contribution in [0.2, 0.25) is 0 Å². The minimum Gasteiger partial charge on any atom is -0.486 e. The van der Waals surface area contributed by atoms with Gasteiger partial charge in [-0.25, -0.2) is 0 Å². The van der Waals surface area contributed by atoms with Crippen molar-refractivity contribution in [1.29, 1.82) is 0 Å². The summed E-state index contributed by atoms with van der Waals surface area (Å²) >= 11 is 0. The standard InChI is InChI=1S/C76H89N9O15/c1-79-32-43-26-39-24-40-16-21-76(95)67(93)66(97-36-75-44(29-49(43)42(25-39)28-57(75)90)30-54(82-45-8-2-3-9-45)60-53(75)17-22-80-68(60)77)71-99-64-52(31-51-59(65(64)96-35-46(88)18-23-86)63(92)50-27-38(33-87)12-14-47(50)62(51)91)58(41(13-15-56(40)89)34-98-74(72(76)100-71)19-6-7-20-74)48-10-4-5-11-55(48)85-37-81-61-69(85)83-73(78)84-70(61)94/h4-5,10-12,14,17,23,25-27,30-31,40-41,45-46,54,56-58,61,66-67,69,71-73,79-83,87-90,93,95H,2-3,6-9,13,15,18-20,22,24,28-29,32-37,77-78H2,1H3,(H,84,94)/t40-,41-,46+,54+,56-,57-,58+,61+,66-,67-,69+,71-,72-,73-,75+,76+/m0/s1. The van der Waals surface area contributed by atoms with E-state index in [1.807, 2.05) is 36.2 Å². The number of dihydropyridines is 1. The minimum absolute atomic E-state index is 0.0432. The van der Waals surface area contributed by atoms with Crippen LogP contribution in [-0.4, -0.2) is 179 Å². The van der Waals surface area contributed by atoms with Gasteiger partial charge in [-0.1, -0.05) is 91.6 Å². The number of anilines is 1. The zero-order valence-corrected chi connectivity index (χ0v) is 56.0. The lowest BCUT2D eigenvalue weighted by Gasteiger charge is -2.54. The minimum atomic E-state index is -2.57. The van der Waals surface area contributed by atoms with E-state index in [-0.39, 0.29) is 103 Å². The molecule has 100 heavy (non-hydrogen) atoms. The molecule has 16 N–H and O–H groups in total. The van der Waals surface area contributed by atoms with Crippen molar-refractivity contribution >= 4 is 29.4 Å². The maximum Gasteiger partial charge on any atom is 0.242 e. The fourth-order valence-electron chi connectivity index (χ4n) is 18.9. The first-order valence-corrected chi connectivity index (χ1v) is 35.7. The van der Waals surface area contributed by atoms with E-state index in [4.69, 9.17) is 35.2 Å². The molecule has 12 aliphatic rings. The molecule has 528 valence electrons. The van der Waals surface area contributed by atoms with Gasteiger partial charge in [0.05, 0.1) is 73.3 Å². The number of nitrogens with two attached hydrogens (primary N) is 2. The Kier molecular flexibility index (Phi) is 17.7. The van der Waals surface area contributed by atoms with Crippen molar-refractivity contribution in [3.05, 3.63) is 157 Å². The molecule has 3 saturated heterocycles. The Balaban J connectivity index is 0.979. The number of hydrogen-bond acceptors (Lipinski definition) is 23. The number of hydrogen-bond donors (Lipinski definition) is 14. The SMILES string of the molecule is CNCc1cc2cc3c1CC1=C[C@@H](NC4CCCC4)C4=C(N)NCC=C4[C@]1(CO[C@@H]1[C@H]4Oc5c(cc6c(c5OC[C@H](O)CC=O)C(=O)c5cc(CO)ccc5C6=O)[C@@H](c5ccccc5N5CN[C@H]6C(=O)N[C@@H](N)N[C@@H]65)[C@H]5CC[C@H](O)[C@@H](C#C[C@@](O)([C@H]1O)[C@@H](O4)C1(CCCC1)OC5)C2)[C@@H](O)C3. The number of nitrogens with zero attached hydrogens (tertiary/aromatic N) is 1. The van der Waals surface area contributed by atoms with Crippen molar-refractivity contribution in [2.24, 2.45) is 28.7 Å². The summed E-state index contributed by atoms with van der Waals surface area (Å²) in [7, 11) is 1.90. The molecule has 5 fully saturated rings. The van der Waals surface area contributed by atoms with Crippen molar-refractivity contribution in [2.45, 2.75) is 194 Å². The van der Waals surface area contributed by atoms with Gasteiger partial charge in [-0.05, 0) is 134 Å². The molecule has 24 heteroatoms. The molecule has 16 rings (SSSR count). The van der Waals surface area contributed by atoms with Crippen molar-refractivity contribution < 1.29 is 73.5 Å². The Morgan fingerprint density at radius 2 is 1.77 bits per heavy atom. The number of carbonyl (C=O) groups excluding carboxylic acids is 4. The number of nitrogens with one attached hydrogen (secondary N) is 6. The van der Waals surface area contributed by atoms with Crippen LogP contribution in [0.1, 0.15) is 147 Å². The number of para-hydroxylation sites is 1. The van der Waals surface area contributed by atoms with Gasteiger partial charge >= 0.3 is 0 Å². The molecule has 0 radical (unpaired) electrons. The molecule has 1 amide bonds. The second-order valence-electron chi connectivity index (χ2n) is 29.6. The number of aliphatic hydroxyl groups excluding tert-OH is 5. The molecule has 16 atom stereocenters. The summed E-state index contributed by atoms with van der Waals surface area (Å²) in [4.78, 5) is 59.7. The van der Waals surface area contributed by atoms with Crippen LogP contribution in [0.4, 0.5) is 5.69 Å². The quantitative estimate of drug-likeness (QED) is 0.0480. The lowest BCUT2D eigenvalue weighted by molar-refractivity contribution is -0.337. The van der Waals surface area contributed by atoms with Gasteiger partial charge in [0.1, 0.15) is 55.5 Å². The van der Waals surface area contributed by atoms with Crippen LogP contribution in [-0.2, 0) is 56.2 Å². The molecule has 2 spiro atoms. The number of aliphatic hydroxyl groups is 6. The Morgan fingerprint density at radius 1 is 0.950 bits per heavy atom. The van der Waals surface area contributed by atoms with Crippen molar-refractivity contribution in [3.8, 4) is 23.3 Å². The maximum atomic E-state index is 15.9. The molecular weight excluding hydrogens is 1280 g/mol. The van der Waals surface area contributed by atoms with Crippen molar-refractivity contribution in [1.82, 2.24) is 31.9 Å². The van der Waals surface area contributed by atoms with Crippen LogP contribution >= 0.6 is 0 Å². The number of aldehydes is 1. The van der Waals surface area contributed by atoms with Gasteiger partial charge in [0.25, 0.3) is 0 Å². The fraction of sp³-hybridized carbons (Fsp3) is 0.526. The highest BCUT2D eigenvalue weighted by atomic mass is 16.7. The van der Waals surface area contributed by atoms with Crippen LogP contribution in [0.5, 0.6) is 11.5 Å². The summed E-state index contributed by atoms with van der Waals surface area (Å²) in [6, 6.07) is 17.0. The van der Waals surface area contributed by atoms with E-state index < -0.39 is 127 Å². The third-order valence-electron chi connectivity index (χ3n) is 23.8. The van der Waals surface area contributed by atoms with E-state index in [2.05, 4.69) is 68.0 Å². The smallest absolute Gasteiger partial charge is 0.242 e. The molecule has 7 heterocycles. The van der Waals surface area contributed by atoms with Crippen LogP contribution in [0.15, 0.2) is 95.4 Å². The Bertz CT molecular complexity index is 4140. The number of fused-ring (bicyclic) bond motifs is 13. The number of ketones is 2. The monoisotopic (exact) mass is 1370 g/mol. The highest BCUT2D eigenvalue weighted by molar-refractivity contribution is 6.29. The van der Waals surface area contributed by atoms with E-state index in [9.17, 15) is 40.2 Å². The molecule has 9 bridgehead atoms. The van der Waals surface area contributed by atoms with E-state index in [1.54, 1.807) is 12.1 Å². The summed E-state index contributed by atoms with van der Waals surface area (Å²) in [5, 5.41) is 97.9.